The average molecular weight is 502 g/mol. The van der Waals surface area contributed by atoms with Gasteiger partial charge in [-0.25, -0.2) is 4.99 Å². The molecule has 0 unspecified atom stereocenters. The minimum atomic E-state index is -0.0452. The Hall–Kier alpha value is -4.20. The summed E-state index contributed by atoms with van der Waals surface area (Å²) in [4.78, 5) is 22.6. The van der Waals surface area contributed by atoms with Crippen molar-refractivity contribution < 1.29 is 23.7 Å². The fraction of sp³-hybridized carbons (Fsp3) is 0.310. The van der Waals surface area contributed by atoms with Crippen LogP contribution in [0.5, 0.6) is 28.7 Å². The van der Waals surface area contributed by atoms with E-state index in [4.69, 9.17) is 23.9 Å². The van der Waals surface area contributed by atoms with Crippen molar-refractivity contribution in [1.29, 1.82) is 0 Å². The maximum Gasteiger partial charge on any atom is 0.254 e. The molecule has 192 valence electrons. The van der Waals surface area contributed by atoms with Crippen molar-refractivity contribution in [2.75, 3.05) is 47.5 Å². The van der Waals surface area contributed by atoms with Gasteiger partial charge in [-0.05, 0) is 55.3 Å². The Morgan fingerprint density at radius 2 is 1.57 bits per heavy atom. The molecule has 0 spiro atoms. The molecule has 5 rings (SSSR count). The first-order valence-electron chi connectivity index (χ1n) is 12.3. The third-order valence-corrected chi connectivity index (χ3v) is 6.67. The van der Waals surface area contributed by atoms with Crippen LogP contribution in [-0.2, 0) is 0 Å². The van der Waals surface area contributed by atoms with E-state index in [2.05, 4.69) is 4.90 Å². The summed E-state index contributed by atoms with van der Waals surface area (Å²) in [5.74, 6) is 4.09. The number of benzene rings is 3. The zero-order valence-electron chi connectivity index (χ0n) is 21.6. The Morgan fingerprint density at radius 1 is 0.811 bits per heavy atom. The highest BCUT2D eigenvalue weighted by Gasteiger charge is 2.27. The van der Waals surface area contributed by atoms with Gasteiger partial charge in [0.15, 0.2) is 5.75 Å². The van der Waals surface area contributed by atoms with E-state index in [9.17, 15) is 4.79 Å². The highest BCUT2D eigenvalue weighted by molar-refractivity contribution is 6.04. The quantitative estimate of drug-likeness (QED) is 0.498. The lowest BCUT2D eigenvalue weighted by Crippen LogP contribution is -2.37. The Kier molecular flexibility index (Phi) is 6.90. The second kappa shape index (κ2) is 10.4. The van der Waals surface area contributed by atoms with E-state index in [0.717, 1.165) is 41.4 Å². The number of carbonyl (C=O) groups is 1. The van der Waals surface area contributed by atoms with Crippen molar-refractivity contribution >= 4 is 17.4 Å². The van der Waals surface area contributed by atoms with Crippen LogP contribution in [-0.4, -0.2) is 69.1 Å². The van der Waals surface area contributed by atoms with Gasteiger partial charge in [0.05, 0.1) is 26.9 Å². The summed E-state index contributed by atoms with van der Waals surface area (Å²) in [7, 11) is 4.80. The third-order valence-electron chi connectivity index (χ3n) is 6.67. The van der Waals surface area contributed by atoms with Crippen LogP contribution in [0.25, 0.3) is 0 Å². The van der Waals surface area contributed by atoms with Gasteiger partial charge in [-0.15, -0.1) is 0 Å². The van der Waals surface area contributed by atoms with Crippen LogP contribution in [0.15, 0.2) is 59.6 Å². The first kappa shape index (κ1) is 24.5. The summed E-state index contributed by atoms with van der Waals surface area (Å²) in [5.41, 5.74) is 3.31. The predicted molar refractivity (Wildman–Crippen MR) is 142 cm³/mol. The Bertz CT molecular complexity index is 1330. The van der Waals surface area contributed by atoms with E-state index >= 15 is 0 Å². The van der Waals surface area contributed by atoms with Gasteiger partial charge < -0.3 is 28.7 Å². The number of hydrogen-bond acceptors (Lipinski definition) is 7. The number of methoxy groups -OCH3 is 3. The molecule has 0 saturated carbocycles. The molecule has 1 amide bonds. The molecule has 0 N–H and O–H groups in total. The topological polar surface area (TPSA) is 72.8 Å². The number of aryl methyl sites for hydroxylation is 1. The average Bonchev–Trinajstić information content (AvgIpc) is 3.26. The van der Waals surface area contributed by atoms with Crippen molar-refractivity contribution in [1.82, 2.24) is 9.80 Å². The molecule has 3 aromatic rings. The van der Waals surface area contributed by atoms with Crippen LogP contribution in [0, 0.1) is 6.92 Å². The van der Waals surface area contributed by atoms with E-state index < -0.39 is 0 Å². The van der Waals surface area contributed by atoms with Gasteiger partial charge in [0.25, 0.3) is 5.91 Å². The van der Waals surface area contributed by atoms with Crippen molar-refractivity contribution in [3.8, 4) is 28.7 Å². The summed E-state index contributed by atoms with van der Waals surface area (Å²) < 4.78 is 22.5. The lowest BCUT2D eigenvalue weighted by molar-refractivity contribution is 0.0763. The molecule has 0 bridgehead atoms. The number of fused-ring (bicyclic) bond motifs is 2. The SMILES string of the molecule is COc1cc(OC)cc(C(=O)N2CCCN(C3=Nc4ccc(C)cc4Oc4cc(OC)ccc43)CC2)c1. The van der Waals surface area contributed by atoms with Gasteiger partial charge >= 0.3 is 0 Å². The predicted octanol–water partition coefficient (Wildman–Crippen LogP) is 5.05. The molecule has 1 fully saturated rings. The van der Waals surface area contributed by atoms with Gasteiger partial charge in [0.2, 0.25) is 0 Å². The smallest absolute Gasteiger partial charge is 0.254 e. The van der Waals surface area contributed by atoms with Gasteiger partial charge in [0.1, 0.15) is 34.5 Å². The summed E-state index contributed by atoms with van der Waals surface area (Å²) in [5, 5.41) is 0. The highest BCUT2D eigenvalue weighted by Crippen LogP contribution is 2.40. The first-order chi connectivity index (χ1) is 18.0. The summed E-state index contributed by atoms with van der Waals surface area (Å²) in [6.45, 7) is 4.63. The Labute approximate surface area is 217 Å². The van der Waals surface area contributed by atoms with Crippen LogP contribution >= 0.6 is 0 Å². The molecule has 2 aliphatic heterocycles. The van der Waals surface area contributed by atoms with Crippen LogP contribution in [0.3, 0.4) is 0 Å². The highest BCUT2D eigenvalue weighted by atomic mass is 16.5. The lowest BCUT2D eigenvalue weighted by Gasteiger charge is -2.25. The lowest BCUT2D eigenvalue weighted by atomic mass is 10.1. The van der Waals surface area contributed by atoms with Crippen LogP contribution in [0.1, 0.15) is 27.9 Å². The van der Waals surface area contributed by atoms with Crippen molar-refractivity contribution in [3.05, 3.63) is 71.3 Å². The van der Waals surface area contributed by atoms with Crippen molar-refractivity contribution in [2.24, 2.45) is 4.99 Å². The van der Waals surface area contributed by atoms with Crippen molar-refractivity contribution in [2.45, 2.75) is 13.3 Å². The summed E-state index contributed by atoms with van der Waals surface area (Å²) in [6.07, 6.45) is 0.805. The Balaban J connectivity index is 1.44. The summed E-state index contributed by atoms with van der Waals surface area (Å²) >= 11 is 0. The number of amidine groups is 1. The molecule has 0 atom stereocenters. The number of carbonyl (C=O) groups excluding carboxylic acids is 1. The van der Waals surface area contributed by atoms with E-state index in [1.54, 1.807) is 39.5 Å². The Morgan fingerprint density at radius 3 is 2.30 bits per heavy atom. The van der Waals surface area contributed by atoms with Crippen LogP contribution in [0.2, 0.25) is 0 Å². The molecule has 8 nitrogen and oxygen atoms in total. The molecular formula is C29H31N3O5. The van der Waals surface area contributed by atoms with Gasteiger partial charge in [0, 0.05) is 43.9 Å². The third kappa shape index (κ3) is 5.05. The summed E-state index contributed by atoms with van der Waals surface area (Å²) in [6, 6.07) is 17.1. The van der Waals surface area contributed by atoms with Gasteiger partial charge in [-0.3, -0.25) is 4.79 Å². The molecule has 0 radical (unpaired) electrons. The zero-order valence-corrected chi connectivity index (χ0v) is 21.6. The fourth-order valence-electron chi connectivity index (χ4n) is 4.67. The molecule has 8 heteroatoms. The van der Waals surface area contributed by atoms with Crippen LogP contribution in [0.4, 0.5) is 5.69 Å². The zero-order chi connectivity index (χ0) is 25.9. The number of amides is 1. The normalized spacial score (nSPS) is 14.9. The molecule has 3 aromatic carbocycles. The van der Waals surface area contributed by atoms with E-state index in [1.165, 1.54) is 0 Å². The molecule has 2 aliphatic rings. The maximum absolute atomic E-state index is 13.4. The van der Waals surface area contributed by atoms with Crippen molar-refractivity contribution in [3.63, 3.8) is 0 Å². The number of rotatable bonds is 4. The first-order valence-corrected chi connectivity index (χ1v) is 12.3. The molecule has 0 aliphatic carbocycles. The molecular weight excluding hydrogens is 470 g/mol. The number of hydrogen-bond donors (Lipinski definition) is 0. The number of aliphatic imine (C=N–C) groups is 1. The molecule has 0 aromatic heterocycles. The van der Waals surface area contributed by atoms with Crippen LogP contribution < -0.4 is 18.9 Å². The van der Waals surface area contributed by atoms with E-state index in [0.29, 0.717) is 48.2 Å². The van der Waals surface area contributed by atoms with E-state index in [-0.39, 0.29) is 5.91 Å². The second-order valence-corrected chi connectivity index (χ2v) is 9.10. The standard InChI is InChI=1S/C29H31N3O5/c1-19-6-9-25-27(14-19)37-26-18-21(34-2)7-8-24(26)28(30-25)31-10-5-11-32(13-12-31)29(33)20-15-22(35-3)17-23(16-20)36-4/h6-9,14-18H,5,10-13H2,1-4H3. The van der Waals surface area contributed by atoms with E-state index in [1.807, 2.05) is 48.2 Å². The van der Waals surface area contributed by atoms with Gasteiger partial charge in [-0.1, -0.05) is 6.07 Å². The second-order valence-electron chi connectivity index (χ2n) is 9.10. The maximum atomic E-state index is 13.4. The molecule has 1 saturated heterocycles. The number of nitrogens with zero attached hydrogens (tertiary/aromatic N) is 3. The monoisotopic (exact) mass is 501 g/mol. The minimum absolute atomic E-state index is 0.0452. The fourth-order valence-corrected chi connectivity index (χ4v) is 4.67. The number of ether oxygens (including phenoxy) is 4. The largest absolute Gasteiger partial charge is 0.497 e. The minimum Gasteiger partial charge on any atom is -0.497 e. The van der Waals surface area contributed by atoms with Gasteiger partial charge in [-0.2, -0.15) is 0 Å². The molecule has 37 heavy (non-hydrogen) atoms. The molecule has 2 heterocycles.